The first-order chi connectivity index (χ1) is 7.58. The van der Waals surface area contributed by atoms with Crippen LogP contribution in [0.25, 0.3) is 0 Å². The quantitative estimate of drug-likeness (QED) is 0.371. The van der Waals surface area contributed by atoms with E-state index in [-0.39, 0.29) is 5.02 Å². The molecule has 0 bridgehead atoms. The Morgan fingerprint density at radius 2 is 2.38 bits per heavy atom. The van der Waals surface area contributed by atoms with Crippen molar-refractivity contribution in [2.75, 3.05) is 6.26 Å². The standard InChI is InChI=1S/C9H6BrClFN3S/c1-16-9(14-4-13)15-8-6(10)2-5(12)3-7(8)11/h2-3H,1H3,(H,14,15). The van der Waals surface area contributed by atoms with Gasteiger partial charge in [-0.25, -0.2) is 9.38 Å². The zero-order chi connectivity index (χ0) is 12.1. The largest absolute Gasteiger partial charge is 0.271 e. The van der Waals surface area contributed by atoms with Gasteiger partial charge in [-0.2, -0.15) is 5.26 Å². The van der Waals surface area contributed by atoms with Crippen molar-refractivity contribution in [1.29, 1.82) is 5.26 Å². The molecule has 0 heterocycles. The normalized spacial score (nSPS) is 11.1. The van der Waals surface area contributed by atoms with Gasteiger partial charge in [-0.15, -0.1) is 0 Å². The predicted octanol–water partition coefficient (Wildman–Crippen LogP) is 3.66. The fourth-order valence-electron chi connectivity index (χ4n) is 0.915. The Bertz CT molecular complexity index is 449. The summed E-state index contributed by atoms with van der Waals surface area (Å²) in [5.74, 6) is -0.449. The molecule has 0 saturated carbocycles. The van der Waals surface area contributed by atoms with Crippen molar-refractivity contribution in [3.8, 4) is 6.19 Å². The third-order valence-electron chi connectivity index (χ3n) is 1.55. The lowest BCUT2D eigenvalue weighted by molar-refractivity contribution is 0.627. The Morgan fingerprint density at radius 3 is 2.88 bits per heavy atom. The van der Waals surface area contributed by atoms with Gasteiger partial charge in [-0.05, 0) is 34.3 Å². The molecule has 0 spiro atoms. The van der Waals surface area contributed by atoms with E-state index in [0.29, 0.717) is 15.3 Å². The number of nitrogens with one attached hydrogen (secondary N) is 1. The summed E-state index contributed by atoms with van der Waals surface area (Å²) in [5, 5.41) is 11.4. The lowest BCUT2D eigenvalue weighted by Crippen LogP contribution is -2.12. The predicted molar refractivity (Wildman–Crippen MR) is 68.5 cm³/mol. The van der Waals surface area contributed by atoms with Crippen LogP contribution in [0.2, 0.25) is 5.02 Å². The van der Waals surface area contributed by atoms with Gasteiger partial charge in [0.1, 0.15) is 5.82 Å². The maximum absolute atomic E-state index is 12.9. The first-order valence-electron chi connectivity index (χ1n) is 4.00. The maximum Gasteiger partial charge on any atom is 0.183 e. The Kier molecular flexibility index (Phi) is 5.06. The van der Waals surface area contributed by atoms with E-state index >= 15 is 0 Å². The SMILES string of the molecule is CSC(=Nc1c(Cl)cc(F)cc1Br)NC#N. The van der Waals surface area contributed by atoms with Gasteiger partial charge in [0.15, 0.2) is 11.4 Å². The van der Waals surface area contributed by atoms with E-state index in [1.807, 2.05) is 0 Å². The summed E-state index contributed by atoms with van der Waals surface area (Å²) in [6.07, 6.45) is 3.51. The van der Waals surface area contributed by atoms with Crippen molar-refractivity contribution in [3.05, 3.63) is 27.4 Å². The zero-order valence-electron chi connectivity index (χ0n) is 8.09. The summed E-state index contributed by atoms with van der Waals surface area (Å²) in [6, 6.07) is 2.42. The van der Waals surface area contributed by atoms with Crippen molar-refractivity contribution < 1.29 is 4.39 Å². The molecule has 0 aliphatic rings. The Balaban J connectivity index is 3.19. The third kappa shape index (κ3) is 3.37. The molecule has 3 nitrogen and oxygen atoms in total. The Morgan fingerprint density at radius 1 is 1.69 bits per heavy atom. The van der Waals surface area contributed by atoms with Crippen LogP contribution in [0, 0.1) is 17.3 Å². The van der Waals surface area contributed by atoms with E-state index in [1.165, 1.54) is 17.8 Å². The second-order valence-corrected chi connectivity index (χ2v) is 4.63. The molecule has 0 saturated heterocycles. The van der Waals surface area contributed by atoms with Crippen LogP contribution in [0.15, 0.2) is 21.6 Å². The Hall–Kier alpha value is -0.770. The van der Waals surface area contributed by atoms with Gasteiger partial charge in [0.05, 0.1) is 10.7 Å². The minimum atomic E-state index is -0.449. The molecule has 0 amide bonds. The molecule has 0 unspecified atom stereocenters. The van der Waals surface area contributed by atoms with E-state index in [4.69, 9.17) is 16.9 Å². The zero-order valence-corrected chi connectivity index (χ0v) is 11.2. The number of thioether (sulfide) groups is 1. The highest BCUT2D eigenvalue weighted by Crippen LogP contribution is 2.34. The molecule has 0 aromatic heterocycles. The smallest absolute Gasteiger partial charge is 0.183 e. The van der Waals surface area contributed by atoms with Crippen LogP contribution in [-0.4, -0.2) is 11.4 Å². The highest BCUT2D eigenvalue weighted by atomic mass is 79.9. The second kappa shape index (κ2) is 6.09. The van der Waals surface area contributed by atoms with Crippen molar-refractivity contribution in [1.82, 2.24) is 5.32 Å². The van der Waals surface area contributed by atoms with Gasteiger partial charge in [-0.1, -0.05) is 23.4 Å². The molecule has 1 rings (SSSR count). The minimum absolute atomic E-state index is 0.179. The minimum Gasteiger partial charge on any atom is -0.271 e. The van der Waals surface area contributed by atoms with Crippen molar-refractivity contribution in [2.45, 2.75) is 0 Å². The van der Waals surface area contributed by atoms with Gasteiger partial charge in [-0.3, -0.25) is 5.32 Å². The summed E-state index contributed by atoms with van der Waals surface area (Å²) >= 11 is 10.2. The number of rotatable bonds is 1. The molecule has 84 valence electrons. The Labute approximate surface area is 110 Å². The van der Waals surface area contributed by atoms with Crippen LogP contribution in [0.4, 0.5) is 10.1 Å². The molecule has 0 aliphatic heterocycles. The summed E-state index contributed by atoms with van der Waals surface area (Å²) in [6.45, 7) is 0. The molecule has 1 aromatic rings. The van der Waals surface area contributed by atoms with Crippen LogP contribution in [0.5, 0.6) is 0 Å². The van der Waals surface area contributed by atoms with Crippen LogP contribution in [0.3, 0.4) is 0 Å². The molecule has 0 atom stereocenters. The molecule has 0 radical (unpaired) electrons. The van der Waals surface area contributed by atoms with Crippen LogP contribution in [-0.2, 0) is 0 Å². The number of hydrogen-bond donors (Lipinski definition) is 1. The maximum atomic E-state index is 12.9. The molecule has 7 heteroatoms. The fourth-order valence-corrected chi connectivity index (χ4v) is 2.13. The number of benzene rings is 1. The molecule has 0 fully saturated rings. The second-order valence-electron chi connectivity index (χ2n) is 2.58. The summed E-state index contributed by atoms with van der Waals surface area (Å²) < 4.78 is 13.4. The molecule has 16 heavy (non-hydrogen) atoms. The first kappa shape index (κ1) is 13.3. The van der Waals surface area contributed by atoms with Crippen LogP contribution < -0.4 is 5.32 Å². The van der Waals surface area contributed by atoms with E-state index in [0.717, 1.165) is 6.07 Å². The number of hydrogen-bond acceptors (Lipinski definition) is 3. The number of nitriles is 1. The highest BCUT2D eigenvalue weighted by molar-refractivity contribution is 9.10. The lowest BCUT2D eigenvalue weighted by Gasteiger charge is -2.04. The molecular weight excluding hydrogens is 317 g/mol. The van der Waals surface area contributed by atoms with Gasteiger partial charge in [0.2, 0.25) is 0 Å². The average molecular weight is 323 g/mol. The molecule has 1 N–H and O–H groups in total. The van der Waals surface area contributed by atoms with Gasteiger partial charge in [0.25, 0.3) is 0 Å². The van der Waals surface area contributed by atoms with Crippen LogP contribution >= 0.6 is 39.3 Å². The van der Waals surface area contributed by atoms with Crippen molar-refractivity contribution in [3.63, 3.8) is 0 Å². The lowest BCUT2D eigenvalue weighted by atomic mass is 10.3. The molecule has 0 aliphatic carbocycles. The number of aliphatic imine (C=N–C) groups is 1. The number of amidine groups is 1. The van der Waals surface area contributed by atoms with Gasteiger partial charge >= 0.3 is 0 Å². The number of nitrogens with zero attached hydrogens (tertiary/aromatic N) is 2. The van der Waals surface area contributed by atoms with Gasteiger partial charge in [0, 0.05) is 4.47 Å². The monoisotopic (exact) mass is 321 g/mol. The van der Waals surface area contributed by atoms with Crippen molar-refractivity contribution >= 4 is 50.1 Å². The van der Waals surface area contributed by atoms with E-state index in [1.54, 1.807) is 12.4 Å². The van der Waals surface area contributed by atoms with Crippen LogP contribution in [0.1, 0.15) is 0 Å². The van der Waals surface area contributed by atoms with Crippen molar-refractivity contribution in [2.24, 2.45) is 4.99 Å². The van der Waals surface area contributed by atoms with E-state index in [9.17, 15) is 4.39 Å². The third-order valence-corrected chi connectivity index (χ3v) is 3.02. The molecule has 1 aromatic carbocycles. The fraction of sp³-hybridized carbons (Fsp3) is 0.111. The summed E-state index contributed by atoms with van der Waals surface area (Å²) in [5.41, 5.74) is 0.384. The van der Waals surface area contributed by atoms with E-state index in [2.05, 4.69) is 26.2 Å². The summed E-state index contributed by atoms with van der Waals surface area (Å²) in [7, 11) is 0. The van der Waals surface area contributed by atoms with E-state index < -0.39 is 5.82 Å². The topological polar surface area (TPSA) is 48.2 Å². The summed E-state index contributed by atoms with van der Waals surface area (Å²) in [4.78, 5) is 4.11. The average Bonchev–Trinajstić information content (AvgIpc) is 2.21. The van der Waals surface area contributed by atoms with Gasteiger partial charge < -0.3 is 0 Å². The number of halogens is 3. The molecular formula is C9H6BrClFN3S. The first-order valence-corrected chi connectivity index (χ1v) is 6.40. The highest BCUT2D eigenvalue weighted by Gasteiger charge is 2.08.